The highest BCUT2D eigenvalue weighted by atomic mass is 123. The third-order valence-corrected chi connectivity index (χ3v) is 12.4. The van der Waals surface area contributed by atoms with Crippen LogP contribution >= 0.6 is 22.6 Å². The number of carbonyl (C=O) groups excluding carboxylic acids is 1. The average Bonchev–Trinajstić information content (AvgIpc) is 2.86. The van der Waals surface area contributed by atoms with Crippen molar-refractivity contribution in [1.82, 2.24) is 9.88 Å². The maximum absolute atomic E-state index is 14.0. The van der Waals surface area contributed by atoms with Gasteiger partial charge >= 0.3 is 0 Å². The number of amides is 1. The van der Waals surface area contributed by atoms with Crippen LogP contribution in [-0.2, 0) is 4.79 Å². The number of halogens is 1. The summed E-state index contributed by atoms with van der Waals surface area (Å²) < 4.78 is 0.600. The van der Waals surface area contributed by atoms with E-state index in [1.807, 2.05) is 41.3 Å². The summed E-state index contributed by atoms with van der Waals surface area (Å²) in [5, 5.41) is 10.2. The second kappa shape index (κ2) is 6.22. The summed E-state index contributed by atoms with van der Waals surface area (Å²) >= 11 is 2.73. The second-order valence-corrected chi connectivity index (χ2v) is 12.7. The second-order valence-electron chi connectivity index (χ2n) is 10.9. The first-order chi connectivity index (χ1) is 16.1. The first-order valence-electron chi connectivity index (χ1n) is 12.3. The van der Waals surface area contributed by atoms with E-state index in [0.717, 1.165) is 62.0 Å². The number of piperazine rings is 1. The quantitative estimate of drug-likeness (QED) is 0.443. The highest BCUT2D eigenvalue weighted by molar-refractivity contribution is 14.1. The van der Waals surface area contributed by atoms with Gasteiger partial charge in [0, 0.05) is 48.9 Å². The van der Waals surface area contributed by atoms with Crippen LogP contribution in [0.15, 0.2) is 48.7 Å². The largest absolute Gasteiger partial charge is 0.506 e. The number of pyridine rings is 1. The predicted octanol–water partition coefficient (Wildman–Crippen LogP) is 2.87. The summed E-state index contributed by atoms with van der Waals surface area (Å²) in [6.07, 6.45) is 1.81. The van der Waals surface area contributed by atoms with Crippen molar-refractivity contribution < 1.29 is 9.90 Å². The molecule has 6 saturated carbocycles. The fourth-order valence-corrected chi connectivity index (χ4v) is 11.4. The van der Waals surface area contributed by atoms with E-state index in [4.69, 9.17) is 0 Å². The highest BCUT2D eigenvalue weighted by Gasteiger charge is 3.11. The number of alkyl halides is 1. The minimum atomic E-state index is -0.0199. The summed E-state index contributed by atoms with van der Waals surface area (Å²) in [4.78, 5) is 25.3. The van der Waals surface area contributed by atoms with Crippen LogP contribution in [0.2, 0.25) is 0 Å². The van der Waals surface area contributed by atoms with Crippen molar-refractivity contribution in [3.8, 4) is 5.75 Å². The number of phenols is 1. The van der Waals surface area contributed by atoms with E-state index >= 15 is 0 Å². The third-order valence-electron chi connectivity index (χ3n) is 10.3. The van der Waals surface area contributed by atoms with Crippen LogP contribution in [0, 0.1) is 40.9 Å². The number of carbonyl (C=O) groups is 1. The number of rotatable bonds is 6. The van der Waals surface area contributed by atoms with Gasteiger partial charge in [-0.2, -0.15) is 0 Å². The number of aromatic nitrogens is 1. The van der Waals surface area contributed by atoms with Crippen molar-refractivity contribution in [3.05, 3.63) is 48.7 Å². The van der Waals surface area contributed by atoms with Crippen LogP contribution in [-0.4, -0.2) is 63.6 Å². The first-order valence-corrected chi connectivity index (χ1v) is 13.3. The van der Waals surface area contributed by atoms with Gasteiger partial charge in [-0.25, -0.2) is 4.98 Å². The standard InChI is InChI=1S/C26H27IN4O2/c27-26-21-18-22(26)20-23(26)19(21)25(18,20)24(33)31(17-7-3-4-8-28-17)14-11-29-9-12-30(13-10-29)15-5-1-2-6-16(15)32/h1-8,18-23,32H,9-14H2/i27-4. The summed E-state index contributed by atoms with van der Waals surface area (Å²) in [6.45, 7) is 5.19. The summed E-state index contributed by atoms with van der Waals surface area (Å²) in [5.41, 5.74) is 0.893. The van der Waals surface area contributed by atoms with Gasteiger partial charge in [0.25, 0.3) is 0 Å². The number of anilines is 2. The molecule has 1 aliphatic heterocycles. The predicted molar refractivity (Wildman–Crippen MR) is 133 cm³/mol. The lowest BCUT2D eigenvalue weighted by atomic mass is 8.96. The molecule has 1 aromatic heterocycles. The molecule has 7 fully saturated rings. The molecule has 0 unspecified atom stereocenters. The van der Waals surface area contributed by atoms with Gasteiger partial charge < -0.3 is 10.0 Å². The average molecular weight is 550 g/mol. The Morgan fingerprint density at radius 3 is 2.30 bits per heavy atom. The SMILES string of the molecule is O=C(N(CCN1CCN(c2ccccc2O)CC1)c1ccccn1)C12C3C4C1C1C2C3C41[123I]. The number of hydrogen-bond acceptors (Lipinski definition) is 5. The highest BCUT2D eigenvalue weighted by Crippen LogP contribution is 3.09. The minimum absolute atomic E-state index is 0.0199. The Morgan fingerprint density at radius 1 is 1.00 bits per heavy atom. The number of phenolic OH excluding ortho intramolecular Hbond substituents is 1. The van der Waals surface area contributed by atoms with Crippen LogP contribution in [0.3, 0.4) is 0 Å². The molecular formula is C26H27IN4O2. The maximum Gasteiger partial charge on any atom is 0.235 e. The zero-order chi connectivity index (χ0) is 22.1. The Bertz CT molecular complexity index is 1110. The third kappa shape index (κ3) is 1.97. The Balaban J connectivity index is 0.967. The molecule has 7 heteroatoms. The van der Waals surface area contributed by atoms with Crippen molar-refractivity contribution in [3.63, 3.8) is 0 Å². The molecule has 0 bridgehead atoms. The molecule has 170 valence electrons. The Hall–Kier alpha value is -1.87. The fraction of sp³-hybridized carbons (Fsp3) is 0.538. The lowest BCUT2D eigenvalue weighted by molar-refractivity contribution is -0.571. The fourth-order valence-electron chi connectivity index (χ4n) is 9.08. The number of nitrogens with zero attached hydrogens (tertiary/aromatic N) is 4. The topological polar surface area (TPSA) is 59.9 Å². The molecule has 1 N–H and O–H groups in total. The minimum Gasteiger partial charge on any atom is -0.506 e. The molecule has 1 amide bonds. The van der Waals surface area contributed by atoms with E-state index in [9.17, 15) is 9.90 Å². The van der Waals surface area contributed by atoms with E-state index in [1.165, 1.54) is 0 Å². The van der Waals surface area contributed by atoms with E-state index in [0.29, 0.717) is 39.4 Å². The summed E-state index contributed by atoms with van der Waals surface area (Å²) in [7, 11) is 0. The first kappa shape index (κ1) is 19.4. The van der Waals surface area contributed by atoms with Crippen molar-refractivity contribution in [2.45, 2.75) is 3.42 Å². The van der Waals surface area contributed by atoms with Crippen LogP contribution in [0.25, 0.3) is 0 Å². The normalized spacial score (nSPS) is 42.8. The van der Waals surface area contributed by atoms with Crippen molar-refractivity contribution in [2.75, 3.05) is 49.1 Å². The summed E-state index contributed by atoms with van der Waals surface area (Å²) in [5.74, 6) is 6.09. The van der Waals surface area contributed by atoms with Crippen LogP contribution in [0.4, 0.5) is 11.5 Å². The van der Waals surface area contributed by atoms with Gasteiger partial charge in [0.1, 0.15) is 11.6 Å². The number of aromatic hydroxyl groups is 1. The van der Waals surface area contributed by atoms with Gasteiger partial charge in [-0.15, -0.1) is 0 Å². The molecule has 1 aromatic carbocycles. The van der Waals surface area contributed by atoms with Crippen LogP contribution in [0.5, 0.6) is 5.75 Å². The molecule has 2 aromatic rings. The van der Waals surface area contributed by atoms with Crippen LogP contribution < -0.4 is 9.80 Å². The molecule has 2 heterocycles. The lowest BCUT2D eigenvalue weighted by Crippen LogP contribution is -3.12. The monoisotopic (exact) mass is 550 g/mol. The lowest BCUT2D eigenvalue weighted by Gasteiger charge is -3.09. The Kier molecular flexibility index (Phi) is 3.66. The Labute approximate surface area is 207 Å². The smallest absolute Gasteiger partial charge is 0.235 e. The van der Waals surface area contributed by atoms with Crippen molar-refractivity contribution in [2.24, 2.45) is 40.9 Å². The van der Waals surface area contributed by atoms with Gasteiger partial charge in [0.2, 0.25) is 5.91 Å². The van der Waals surface area contributed by atoms with E-state index in [1.54, 1.807) is 12.3 Å². The Morgan fingerprint density at radius 2 is 1.67 bits per heavy atom. The molecule has 6 aliphatic carbocycles. The van der Waals surface area contributed by atoms with E-state index in [-0.39, 0.29) is 5.41 Å². The molecule has 0 spiro atoms. The molecule has 0 atom stereocenters. The van der Waals surface area contributed by atoms with Gasteiger partial charge in [-0.3, -0.25) is 14.6 Å². The molecule has 33 heavy (non-hydrogen) atoms. The van der Waals surface area contributed by atoms with Gasteiger partial charge in [-0.1, -0.05) is 40.8 Å². The maximum atomic E-state index is 14.0. The number of para-hydroxylation sites is 2. The zero-order valence-corrected chi connectivity index (χ0v) is 20.5. The van der Waals surface area contributed by atoms with Gasteiger partial charge in [0.15, 0.2) is 0 Å². The summed E-state index contributed by atoms with van der Waals surface area (Å²) in [6, 6.07) is 13.5. The molecule has 9 rings (SSSR count). The number of hydrogen-bond donors (Lipinski definition) is 1. The van der Waals surface area contributed by atoms with Gasteiger partial charge in [-0.05, 0) is 59.8 Å². The number of benzene rings is 1. The van der Waals surface area contributed by atoms with Crippen molar-refractivity contribution >= 4 is 40.0 Å². The van der Waals surface area contributed by atoms with Crippen LogP contribution in [0.1, 0.15) is 0 Å². The molecule has 1 saturated heterocycles. The molecule has 7 aliphatic rings. The van der Waals surface area contributed by atoms with E-state index in [2.05, 4.69) is 37.4 Å². The zero-order valence-electron chi connectivity index (χ0n) is 18.3. The van der Waals surface area contributed by atoms with E-state index < -0.39 is 0 Å². The van der Waals surface area contributed by atoms with Crippen molar-refractivity contribution in [1.29, 1.82) is 0 Å². The molecular weight excluding hydrogens is 523 g/mol. The van der Waals surface area contributed by atoms with Gasteiger partial charge in [0.05, 0.1) is 11.1 Å². The molecule has 0 radical (unpaired) electrons. The molecule has 6 nitrogen and oxygen atoms in total.